The second-order valence-corrected chi connectivity index (χ2v) is 4.60. The Morgan fingerprint density at radius 3 is 3.06 bits per heavy atom. The molecule has 1 fully saturated rings. The lowest BCUT2D eigenvalue weighted by atomic mass is 10.1. The number of nitrogens with zero attached hydrogens (tertiary/aromatic N) is 2. The highest BCUT2D eigenvalue weighted by Crippen LogP contribution is 2.15. The van der Waals surface area contributed by atoms with Crippen molar-refractivity contribution in [3.05, 3.63) is 29.6 Å². The van der Waals surface area contributed by atoms with Crippen LogP contribution in [0.4, 0.5) is 0 Å². The summed E-state index contributed by atoms with van der Waals surface area (Å²) in [4.78, 5) is 18.2. The SMILES string of the molecule is Cc1ncccc1C(=O)N1CC(C)OC(CO)C1. The molecule has 0 spiro atoms. The first-order chi connectivity index (χ1) is 8.61. The third-order valence-electron chi connectivity index (χ3n) is 3.05. The van der Waals surface area contributed by atoms with E-state index in [9.17, 15) is 4.79 Å². The number of aromatic nitrogens is 1. The minimum atomic E-state index is -0.297. The maximum absolute atomic E-state index is 12.4. The minimum Gasteiger partial charge on any atom is -0.394 e. The van der Waals surface area contributed by atoms with Gasteiger partial charge in [0.25, 0.3) is 5.91 Å². The largest absolute Gasteiger partial charge is 0.394 e. The number of pyridine rings is 1. The summed E-state index contributed by atoms with van der Waals surface area (Å²) in [5.74, 6) is -0.0470. The topological polar surface area (TPSA) is 62.7 Å². The van der Waals surface area contributed by atoms with Crippen LogP contribution in [0.3, 0.4) is 0 Å². The molecule has 0 aromatic carbocycles. The summed E-state index contributed by atoms with van der Waals surface area (Å²) in [6.45, 7) is 4.62. The summed E-state index contributed by atoms with van der Waals surface area (Å²) >= 11 is 0. The van der Waals surface area contributed by atoms with Crippen LogP contribution >= 0.6 is 0 Å². The normalized spacial score (nSPS) is 24.1. The number of aliphatic hydroxyl groups excluding tert-OH is 1. The predicted molar refractivity (Wildman–Crippen MR) is 66.3 cm³/mol. The average molecular weight is 250 g/mol. The van der Waals surface area contributed by atoms with E-state index in [0.29, 0.717) is 18.7 Å². The molecule has 1 aliphatic heterocycles. The first-order valence-corrected chi connectivity index (χ1v) is 6.09. The summed E-state index contributed by atoms with van der Waals surface area (Å²) in [7, 11) is 0. The van der Waals surface area contributed by atoms with E-state index in [1.54, 1.807) is 23.2 Å². The van der Waals surface area contributed by atoms with Crippen LogP contribution in [0.5, 0.6) is 0 Å². The van der Waals surface area contributed by atoms with Gasteiger partial charge in [-0.05, 0) is 26.0 Å². The number of aryl methyl sites for hydroxylation is 1. The zero-order valence-corrected chi connectivity index (χ0v) is 10.7. The Hall–Kier alpha value is -1.46. The summed E-state index contributed by atoms with van der Waals surface area (Å²) in [5.41, 5.74) is 1.34. The number of morpholine rings is 1. The number of amides is 1. The van der Waals surface area contributed by atoms with Gasteiger partial charge in [0.05, 0.1) is 24.4 Å². The molecule has 0 aliphatic carbocycles. The van der Waals surface area contributed by atoms with E-state index in [1.807, 2.05) is 13.8 Å². The van der Waals surface area contributed by atoms with Crippen LogP contribution in [0.2, 0.25) is 0 Å². The van der Waals surface area contributed by atoms with Crippen LogP contribution in [0.15, 0.2) is 18.3 Å². The molecule has 1 aromatic rings. The minimum absolute atomic E-state index is 0.0470. The molecule has 0 saturated carbocycles. The maximum Gasteiger partial charge on any atom is 0.255 e. The molecule has 1 aliphatic rings. The Morgan fingerprint density at radius 1 is 1.61 bits per heavy atom. The standard InChI is InChI=1S/C13H18N2O3/c1-9-6-15(7-11(8-16)18-9)13(17)12-4-3-5-14-10(12)2/h3-5,9,11,16H,6-8H2,1-2H3. The van der Waals surface area contributed by atoms with Crippen molar-refractivity contribution in [2.45, 2.75) is 26.1 Å². The molecule has 18 heavy (non-hydrogen) atoms. The van der Waals surface area contributed by atoms with Gasteiger partial charge in [-0.25, -0.2) is 0 Å². The van der Waals surface area contributed by atoms with Gasteiger partial charge in [-0.1, -0.05) is 0 Å². The van der Waals surface area contributed by atoms with Crippen LogP contribution in [0.25, 0.3) is 0 Å². The van der Waals surface area contributed by atoms with E-state index in [4.69, 9.17) is 9.84 Å². The molecular weight excluding hydrogens is 232 g/mol. The highest BCUT2D eigenvalue weighted by Gasteiger charge is 2.29. The van der Waals surface area contributed by atoms with Crippen molar-refractivity contribution in [2.75, 3.05) is 19.7 Å². The Kier molecular flexibility index (Phi) is 3.93. The van der Waals surface area contributed by atoms with Crippen molar-refractivity contribution in [1.82, 2.24) is 9.88 Å². The summed E-state index contributed by atoms with van der Waals surface area (Å²) < 4.78 is 5.52. The van der Waals surface area contributed by atoms with Crippen molar-refractivity contribution < 1.29 is 14.6 Å². The summed E-state index contributed by atoms with van der Waals surface area (Å²) in [6, 6.07) is 3.53. The number of ether oxygens (including phenoxy) is 1. The van der Waals surface area contributed by atoms with Crippen molar-refractivity contribution in [2.24, 2.45) is 0 Å². The van der Waals surface area contributed by atoms with Gasteiger partial charge in [0, 0.05) is 25.0 Å². The molecule has 5 nitrogen and oxygen atoms in total. The molecule has 0 bridgehead atoms. The van der Waals surface area contributed by atoms with Crippen molar-refractivity contribution >= 4 is 5.91 Å². The van der Waals surface area contributed by atoms with Crippen LogP contribution in [-0.4, -0.2) is 52.8 Å². The fourth-order valence-electron chi connectivity index (χ4n) is 2.19. The number of carbonyl (C=O) groups excluding carboxylic acids is 1. The molecule has 1 saturated heterocycles. The molecule has 2 heterocycles. The molecule has 98 valence electrons. The van der Waals surface area contributed by atoms with Gasteiger partial charge < -0.3 is 14.7 Å². The second kappa shape index (κ2) is 5.46. The Bertz CT molecular complexity index is 436. The summed E-state index contributed by atoms with van der Waals surface area (Å²) in [6.07, 6.45) is 1.32. The third kappa shape index (κ3) is 2.68. The smallest absolute Gasteiger partial charge is 0.255 e. The first kappa shape index (κ1) is 13.0. The lowest BCUT2D eigenvalue weighted by Crippen LogP contribution is -2.50. The zero-order chi connectivity index (χ0) is 13.1. The Balaban J connectivity index is 2.16. The number of carbonyl (C=O) groups is 1. The number of hydrogen-bond acceptors (Lipinski definition) is 4. The molecular formula is C13H18N2O3. The van der Waals surface area contributed by atoms with Gasteiger partial charge >= 0.3 is 0 Å². The average Bonchev–Trinajstić information content (AvgIpc) is 2.37. The van der Waals surface area contributed by atoms with Crippen LogP contribution in [0.1, 0.15) is 23.0 Å². The maximum atomic E-state index is 12.4. The van der Waals surface area contributed by atoms with Crippen molar-refractivity contribution in [3.63, 3.8) is 0 Å². The summed E-state index contributed by atoms with van der Waals surface area (Å²) in [5, 5.41) is 9.16. The molecule has 2 atom stereocenters. The molecule has 2 unspecified atom stereocenters. The lowest BCUT2D eigenvalue weighted by Gasteiger charge is -2.36. The van der Waals surface area contributed by atoms with Crippen LogP contribution in [0, 0.1) is 6.92 Å². The van der Waals surface area contributed by atoms with Crippen LogP contribution in [-0.2, 0) is 4.74 Å². The fourth-order valence-corrected chi connectivity index (χ4v) is 2.19. The highest BCUT2D eigenvalue weighted by atomic mass is 16.5. The Labute approximate surface area is 106 Å². The van der Waals surface area contributed by atoms with Gasteiger partial charge in [0.15, 0.2) is 0 Å². The van der Waals surface area contributed by atoms with Gasteiger partial charge in [0.1, 0.15) is 0 Å². The van der Waals surface area contributed by atoms with Gasteiger partial charge in [-0.2, -0.15) is 0 Å². The van der Waals surface area contributed by atoms with E-state index in [2.05, 4.69) is 4.98 Å². The molecule has 1 aromatic heterocycles. The zero-order valence-electron chi connectivity index (χ0n) is 10.7. The predicted octanol–water partition coefficient (Wildman–Crippen LogP) is 0.612. The third-order valence-corrected chi connectivity index (χ3v) is 3.05. The number of rotatable bonds is 2. The quantitative estimate of drug-likeness (QED) is 0.835. The molecule has 2 rings (SSSR count). The van der Waals surface area contributed by atoms with E-state index in [0.717, 1.165) is 5.69 Å². The first-order valence-electron chi connectivity index (χ1n) is 6.09. The van der Waals surface area contributed by atoms with Crippen molar-refractivity contribution in [3.8, 4) is 0 Å². The van der Waals surface area contributed by atoms with Crippen LogP contribution < -0.4 is 0 Å². The molecule has 1 N–H and O–H groups in total. The lowest BCUT2D eigenvalue weighted by molar-refractivity contribution is -0.0858. The Morgan fingerprint density at radius 2 is 2.39 bits per heavy atom. The van der Waals surface area contributed by atoms with E-state index < -0.39 is 0 Å². The molecule has 0 radical (unpaired) electrons. The van der Waals surface area contributed by atoms with Crippen molar-refractivity contribution in [1.29, 1.82) is 0 Å². The fraction of sp³-hybridized carbons (Fsp3) is 0.538. The molecule has 5 heteroatoms. The van der Waals surface area contributed by atoms with E-state index >= 15 is 0 Å². The molecule has 1 amide bonds. The monoisotopic (exact) mass is 250 g/mol. The highest BCUT2D eigenvalue weighted by molar-refractivity contribution is 5.95. The van der Waals surface area contributed by atoms with Gasteiger partial charge in [-0.15, -0.1) is 0 Å². The van der Waals surface area contributed by atoms with Gasteiger partial charge in [-0.3, -0.25) is 9.78 Å². The second-order valence-electron chi connectivity index (χ2n) is 4.60. The van der Waals surface area contributed by atoms with E-state index in [1.165, 1.54) is 0 Å². The van der Waals surface area contributed by atoms with Gasteiger partial charge in [0.2, 0.25) is 0 Å². The number of hydrogen-bond donors (Lipinski definition) is 1. The van der Waals surface area contributed by atoms with E-state index in [-0.39, 0.29) is 24.7 Å². The number of aliphatic hydroxyl groups is 1.